The van der Waals surface area contributed by atoms with E-state index in [0.29, 0.717) is 19.3 Å². The lowest BCUT2D eigenvalue weighted by Crippen LogP contribution is -2.50. The minimum atomic E-state index is -0.876. The number of esters is 2. The molecule has 0 fully saturated rings. The minimum Gasteiger partial charge on any atom is -0.477 e. The molecule has 0 saturated heterocycles. The maximum absolute atomic E-state index is 12.6. The Bertz CT molecular complexity index is 984. The van der Waals surface area contributed by atoms with Crippen molar-refractivity contribution in [3.8, 4) is 0 Å². The van der Waals surface area contributed by atoms with E-state index in [9.17, 15) is 19.5 Å². The van der Waals surface area contributed by atoms with Gasteiger partial charge in [-0.1, -0.05) is 153 Å². The number of carboxylic acids is 1. The van der Waals surface area contributed by atoms with E-state index in [2.05, 4.69) is 50.3 Å². The summed E-state index contributed by atoms with van der Waals surface area (Å²) in [5, 5.41) is 9.59. The molecule has 0 radical (unpaired) electrons. The summed E-state index contributed by atoms with van der Waals surface area (Å²) in [6.45, 7) is 4.67. The van der Waals surface area contributed by atoms with Crippen LogP contribution in [0.25, 0.3) is 0 Å². The average molecular weight is 763 g/mol. The highest BCUT2D eigenvalue weighted by atomic mass is 16.6. The third-order valence-corrected chi connectivity index (χ3v) is 9.79. The number of carboxylic acid groups (broad SMARTS) is 1. The number of carbonyl (C=O) groups excluding carboxylic acids is 2. The fraction of sp³-hybridized carbons (Fsp3) is 0.804. The molecule has 2 atom stereocenters. The number of hydrogen-bond acceptors (Lipinski definition) is 6. The lowest BCUT2D eigenvalue weighted by atomic mass is 10.1. The number of quaternary nitrogens is 1. The first-order chi connectivity index (χ1) is 26.1. The van der Waals surface area contributed by atoms with Gasteiger partial charge in [-0.05, 0) is 51.4 Å². The molecule has 0 bridgehead atoms. The van der Waals surface area contributed by atoms with E-state index < -0.39 is 18.1 Å². The first-order valence-corrected chi connectivity index (χ1v) is 22.0. The number of ether oxygens (including phenoxy) is 3. The molecule has 0 aromatic heterocycles. The topological polar surface area (TPSA) is 99.1 Å². The fourth-order valence-corrected chi connectivity index (χ4v) is 6.33. The average Bonchev–Trinajstić information content (AvgIpc) is 3.12. The normalized spacial score (nSPS) is 13.3. The quantitative estimate of drug-likeness (QED) is 0.0288. The van der Waals surface area contributed by atoms with Crippen molar-refractivity contribution in [1.29, 1.82) is 0 Å². The summed E-state index contributed by atoms with van der Waals surface area (Å²) < 4.78 is 17.2. The van der Waals surface area contributed by atoms with E-state index in [1.54, 1.807) is 0 Å². The Morgan fingerprint density at radius 2 is 0.981 bits per heavy atom. The Kier molecular flexibility index (Phi) is 35.8. The van der Waals surface area contributed by atoms with Crippen molar-refractivity contribution in [2.45, 2.75) is 199 Å². The van der Waals surface area contributed by atoms with Crippen molar-refractivity contribution in [2.24, 2.45) is 0 Å². The van der Waals surface area contributed by atoms with E-state index >= 15 is 0 Å². The molecule has 54 heavy (non-hydrogen) atoms. The zero-order valence-electron chi connectivity index (χ0n) is 35.7. The van der Waals surface area contributed by atoms with Gasteiger partial charge in [-0.3, -0.25) is 9.59 Å². The number of nitrogens with zero attached hydrogens (tertiary/aromatic N) is 1. The Labute approximate surface area is 332 Å². The van der Waals surface area contributed by atoms with E-state index in [1.165, 1.54) is 103 Å². The van der Waals surface area contributed by atoms with Crippen LogP contribution in [0.1, 0.15) is 187 Å². The van der Waals surface area contributed by atoms with Gasteiger partial charge in [0.15, 0.2) is 12.1 Å². The highest BCUT2D eigenvalue weighted by molar-refractivity contribution is 5.72. The number of aliphatic carboxylic acids is 1. The van der Waals surface area contributed by atoms with Gasteiger partial charge in [-0.25, -0.2) is 4.79 Å². The molecule has 0 aromatic carbocycles. The van der Waals surface area contributed by atoms with Crippen molar-refractivity contribution in [3.05, 3.63) is 36.5 Å². The molecule has 0 amide bonds. The van der Waals surface area contributed by atoms with E-state index in [0.717, 1.165) is 51.4 Å². The maximum atomic E-state index is 12.6. The van der Waals surface area contributed by atoms with Crippen LogP contribution in [0, 0.1) is 0 Å². The fourth-order valence-electron chi connectivity index (χ4n) is 6.33. The van der Waals surface area contributed by atoms with Crippen LogP contribution in [0.15, 0.2) is 36.5 Å². The van der Waals surface area contributed by atoms with E-state index in [-0.39, 0.29) is 36.2 Å². The first-order valence-electron chi connectivity index (χ1n) is 22.0. The van der Waals surface area contributed by atoms with Crippen LogP contribution in [0.3, 0.4) is 0 Å². The Hall–Kier alpha value is -2.45. The molecule has 0 aliphatic carbocycles. The summed E-state index contributed by atoms with van der Waals surface area (Å²) in [7, 11) is 5.52. The number of unbranched alkanes of at least 4 members (excludes halogenated alkanes) is 19. The third kappa shape index (κ3) is 35.3. The highest BCUT2D eigenvalue weighted by Gasteiger charge is 2.31. The first kappa shape index (κ1) is 51.5. The van der Waals surface area contributed by atoms with Gasteiger partial charge in [0.2, 0.25) is 0 Å². The second-order valence-electron chi connectivity index (χ2n) is 16.0. The Morgan fingerprint density at radius 1 is 0.556 bits per heavy atom. The van der Waals surface area contributed by atoms with Gasteiger partial charge >= 0.3 is 17.9 Å². The number of hydrogen-bond donors (Lipinski definition) is 1. The molecular weight excluding hydrogens is 679 g/mol. The molecule has 0 rings (SSSR count). The molecule has 0 spiro atoms. The van der Waals surface area contributed by atoms with Gasteiger partial charge in [0, 0.05) is 19.3 Å². The van der Waals surface area contributed by atoms with Crippen molar-refractivity contribution in [3.63, 3.8) is 0 Å². The monoisotopic (exact) mass is 763 g/mol. The molecule has 314 valence electrons. The van der Waals surface area contributed by atoms with Gasteiger partial charge < -0.3 is 23.8 Å². The largest absolute Gasteiger partial charge is 0.477 e. The molecule has 1 N–H and O–H groups in total. The molecule has 0 aliphatic heterocycles. The molecular formula is C46H84NO7+. The van der Waals surface area contributed by atoms with Crippen LogP contribution in [0.2, 0.25) is 0 Å². The number of carbonyl (C=O) groups is 3. The zero-order chi connectivity index (χ0) is 40.0. The molecule has 8 heteroatoms. The summed E-state index contributed by atoms with van der Waals surface area (Å²) >= 11 is 0. The SMILES string of the molecule is CCCCC/C=C/C/C=C/C/C=C/CCCCCCCCCCCC(=O)OCC(COCCC(C(=O)O)[N+](C)(C)C)OC(=O)CCCCCCCCCC. The highest BCUT2D eigenvalue weighted by Crippen LogP contribution is 2.14. The van der Waals surface area contributed by atoms with Gasteiger partial charge in [0.1, 0.15) is 6.61 Å². The number of rotatable bonds is 39. The summed E-state index contributed by atoms with van der Waals surface area (Å²) in [5.74, 6) is -1.48. The van der Waals surface area contributed by atoms with E-state index in [1.807, 2.05) is 21.1 Å². The van der Waals surface area contributed by atoms with Crippen molar-refractivity contribution < 1.29 is 38.2 Å². The molecule has 0 aromatic rings. The van der Waals surface area contributed by atoms with Crippen LogP contribution in [-0.4, -0.2) is 80.6 Å². The molecule has 2 unspecified atom stereocenters. The third-order valence-electron chi connectivity index (χ3n) is 9.79. The van der Waals surface area contributed by atoms with Crippen LogP contribution in [0.5, 0.6) is 0 Å². The lowest BCUT2D eigenvalue weighted by Gasteiger charge is -2.31. The van der Waals surface area contributed by atoms with Gasteiger partial charge in [0.05, 0.1) is 34.4 Å². The molecule has 0 heterocycles. The lowest BCUT2D eigenvalue weighted by molar-refractivity contribution is -0.887. The van der Waals surface area contributed by atoms with Gasteiger partial charge in [0.25, 0.3) is 0 Å². The van der Waals surface area contributed by atoms with E-state index in [4.69, 9.17) is 14.2 Å². The summed E-state index contributed by atoms with van der Waals surface area (Å²) in [4.78, 5) is 36.8. The predicted octanol–water partition coefficient (Wildman–Crippen LogP) is 11.9. The standard InChI is InChI=1S/C46H83NO7/c1-6-8-10-12-14-16-17-18-19-20-21-22-23-24-25-26-27-28-29-31-32-34-36-44(48)53-41-42(40-52-39-38-43(46(50)51)47(3,4)5)54-45(49)37-35-33-30-15-13-11-9-7-2/h14,16,18-19,21-22,42-43H,6-13,15,17,20,23-41H2,1-5H3/p+1/b16-14+,19-18+,22-21+. The Morgan fingerprint density at radius 3 is 1.48 bits per heavy atom. The predicted molar refractivity (Wildman–Crippen MR) is 225 cm³/mol. The van der Waals surface area contributed by atoms with Crippen LogP contribution < -0.4 is 0 Å². The summed E-state index contributed by atoms with van der Waals surface area (Å²) in [6, 6.07) is -0.612. The smallest absolute Gasteiger partial charge is 0.362 e. The van der Waals surface area contributed by atoms with Crippen molar-refractivity contribution in [1.82, 2.24) is 0 Å². The van der Waals surface area contributed by atoms with Crippen LogP contribution >= 0.6 is 0 Å². The molecule has 0 saturated carbocycles. The number of likely N-dealkylation sites (N-methyl/N-ethyl adjacent to an activating group) is 1. The Balaban J connectivity index is 4.18. The van der Waals surface area contributed by atoms with Gasteiger partial charge in [-0.2, -0.15) is 0 Å². The molecule has 0 aliphatic rings. The van der Waals surface area contributed by atoms with Crippen LogP contribution in [-0.2, 0) is 28.6 Å². The second kappa shape index (κ2) is 37.5. The summed E-state index contributed by atoms with van der Waals surface area (Å²) in [6.07, 6.45) is 42.0. The van der Waals surface area contributed by atoms with Crippen LogP contribution in [0.4, 0.5) is 0 Å². The maximum Gasteiger partial charge on any atom is 0.362 e. The van der Waals surface area contributed by atoms with Crippen molar-refractivity contribution in [2.75, 3.05) is 41.0 Å². The second-order valence-corrected chi connectivity index (χ2v) is 16.0. The minimum absolute atomic E-state index is 0.0519. The zero-order valence-corrected chi connectivity index (χ0v) is 35.7. The number of allylic oxidation sites excluding steroid dienone is 6. The molecule has 8 nitrogen and oxygen atoms in total. The summed E-state index contributed by atoms with van der Waals surface area (Å²) in [5.41, 5.74) is 0. The van der Waals surface area contributed by atoms with Crippen molar-refractivity contribution >= 4 is 17.9 Å². The van der Waals surface area contributed by atoms with Gasteiger partial charge in [-0.15, -0.1) is 0 Å².